The highest BCUT2D eigenvalue weighted by Crippen LogP contribution is 2.19. The van der Waals surface area contributed by atoms with Crippen LogP contribution in [-0.2, 0) is 27.7 Å². The minimum absolute atomic E-state index is 0.244. The van der Waals surface area contributed by atoms with Gasteiger partial charge in [0.2, 0.25) is 0 Å². The van der Waals surface area contributed by atoms with Crippen LogP contribution >= 0.6 is 0 Å². The molecular weight excluding hydrogens is 361 g/mol. The van der Waals surface area contributed by atoms with Crippen LogP contribution in [-0.4, -0.2) is 26.7 Å². The molecule has 0 spiro atoms. The fourth-order valence-corrected chi connectivity index (χ4v) is 4.21. The Kier molecular flexibility index (Phi) is 7.16. The summed E-state index contributed by atoms with van der Waals surface area (Å²) in [5, 5.41) is -1.08. The Balaban J connectivity index is 3.63. The lowest BCUT2D eigenvalue weighted by Crippen LogP contribution is -2.62. The molecular formula is C15H17F3O6Si. The number of carbonyl (C=O) groups excluding carboxylic acids is 3. The molecule has 0 aliphatic heterocycles. The maximum absolute atomic E-state index is 14.3. The van der Waals surface area contributed by atoms with E-state index < -0.39 is 49.4 Å². The van der Waals surface area contributed by atoms with Gasteiger partial charge in [-0.25, -0.2) is 13.2 Å². The molecule has 0 aliphatic carbocycles. The molecule has 1 aromatic rings. The first-order valence-electron chi connectivity index (χ1n) is 7.49. The van der Waals surface area contributed by atoms with E-state index in [9.17, 15) is 27.6 Å². The van der Waals surface area contributed by atoms with Crippen molar-refractivity contribution in [1.29, 1.82) is 0 Å². The van der Waals surface area contributed by atoms with E-state index >= 15 is 0 Å². The summed E-state index contributed by atoms with van der Waals surface area (Å²) in [7, 11) is -5.00. The smallest absolute Gasteiger partial charge is 0.452 e. The Hall–Kier alpha value is -2.36. The zero-order chi connectivity index (χ0) is 19.2. The number of halogens is 3. The van der Waals surface area contributed by atoms with Crippen molar-refractivity contribution in [3.05, 3.63) is 29.6 Å². The topological polar surface area (TPSA) is 78.9 Å². The van der Waals surface area contributed by atoms with E-state index in [2.05, 4.69) is 0 Å². The average molecular weight is 378 g/mol. The van der Waals surface area contributed by atoms with Crippen LogP contribution < -0.4 is 5.19 Å². The van der Waals surface area contributed by atoms with Gasteiger partial charge in [-0.3, -0.25) is 14.4 Å². The van der Waals surface area contributed by atoms with Crippen LogP contribution in [0.4, 0.5) is 13.2 Å². The Morgan fingerprint density at radius 3 is 1.40 bits per heavy atom. The van der Waals surface area contributed by atoms with Crippen molar-refractivity contribution in [3.8, 4) is 0 Å². The number of hydrogen-bond donors (Lipinski definition) is 0. The molecule has 0 atom stereocenters. The highest BCUT2D eigenvalue weighted by molar-refractivity contribution is 6.79. The first-order chi connectivity index (χ1) is 11.7. The SMILES string of the molecule is CCC(=O)O[Si](OC(=O)CC)(OC(=O)CC)c1c(F)cc(F)cc1F. The van der Waals surface area contributed by atoms with Crippen molar-refractivity contribution in [1.82, 2.24) is 0 Å². The first-order valence-corrected chi connectivity index (χ1v) is 9.22. The summed E-state index contributed by atoms with van der Waals surface area (Å²) < 4.78 is 56.5. The molecule has 0 saturated carbocycles. The highest BCUT2D eigenvalue weighted by atomic mass is 28.4. The zero-order valence-electron chi connectivity index (χ0n) is 13.9. The van der Waals surface area contributed by atoms with Gasteiger partial charge in [-0.05, 0) is 0 Å². The molecule has 25 heavy (non-hydrogen) atoms. The predicted octanol–water partition coefficient (Wildman–Crippen LogP) is 2.11. The van der Waals surface area contributed by atoms with Crippen molar-refractivity contribution in [3.63, 3.8) is 0 Å². The second kappa shape index (κ2) is 8.65. The summed E-state index contributed by atoms with van der Waals surface area (Å²) in [5.74, 6) is -7.28. The van der Waals surface area contributed by atoms with E-state index in [1.54, 1.807) is 0 Å². The molecule has 0 amide bonds. The lowest BCUT2D eigenvalue weighted by molar-refractivity contribution is -0.149. The molecule has 138 valence electrons. The van der Waals surface area contributed by atoms with E-state index in [-0.39, 0.29) is 19.3 Å². The third-order valence-electron chi connectivity index (χ3n) is 2.92. The lowest BCUT2D eigenvalue weighted by Gasteiger charge is -2.27. The van der Waals surface area contributed by atoms with Crippen LogP contribution in [0.1, 0.15) is 40.0 Å². The molecule has 0 heterocycles. The van der Waals surface area contributed by atoms with Crippen molar-refractivity contribution < 1.29 is 40.8 Å². The number of rotatable bonds is 7. The van der Waals surface area contributed by atoms with Crippen molar-refractivity contribution >= 4 is 31.9 Å². The quantitative estimate of drug-likeness (QED) is 0.676. The molecule has 1 aromatic carbocycles. The monoisotopic (exact) mass is 378 g/mol. The lowest BCUT2D eigenvalue weighted by atomic mass is 10.3. The molecule has 0 bridgehead atoms. The van der Waals surface area contributed by atoms with Crippen LogP contribution in [0.25, 0.3) is 0 Å². The molecule has 0 saturated heterocycles. The summed E-state index contributed by atoms with van der Waals surface area (Å²) in [4.78, 5) is 35.2. The standard InChI is InChI=1S/C15H17F3O6Si/c1-4-12(19)22-25(23-13(20)5-2,24-14(21)6-3)15-10(17)7-9(16)8-11(15)18/h7-8H,4-6H2,1-3H3. The normalized spacial score (nSPS) is 11.0. The van der Waals surface area contributed by atoms with Gasteiger partial charge in [0.25, 0.3) is 17.9 Å². The van der Waals surface area contributed by atoms with Gasteiger partial charge in [-0.1, -0.05) is 20.8 Å². The number of benzene rings is 1. The van der Waals surface area contributed by atoms with Gasteiger partial charge in [0.15, 0.2) is 0 Å². The molecule has 6 nitrogen and oxygen atoms in total. The molecule has 10 heteroatoms. The van der Waals surface area contributed by atoms with Gasteiger partial charge < -0.3 is 13.3 Å². The minimum Gasteiger partial charge on any atom is -0.452 e. The number of hydrogen-bond acceptors (Lipinski definition) is 6. The second-order valence-electron chi connectivity index (χ2n) is 4.78. The van der Waals surface area contributed by atoms with Gasteiger partial charge in [0.1, 0.15) is 22.6 Å². The second-order valence-corrected chi connectivity index (χ2v) is 7.01. The van der Waals surface area contributed by atoms with Crippen LogP contribution in [0, 0.1) is 17.5 Å². The molecule has 0 aliphatic rings. The fourth-order valence-electron chi connectivity index (χ4n) is 1.72. The average Bonchev–Trinajstić information content (AvgIpc) is 2.53. The number of carbonyl (C=O) groups is 3. The van der Waals surface area contributed by atoms with Crippen LogP contribution in [0.15, 0.2) is 12.1 Å². The molecule has 1 rings (SSSR count). The molecule has 0 radical (unpaired) electrons. The van der Waals surface area contributed by atoms with Gasteiger partial charge in [-0.2, -0.15) is 0 Å². The van der Waals surface area contributed by atoms with E-state index in [1.165, 1.54) is 20.8 Å². The van der Waals surface area contributed by atoms with E-state index in [4.69, 9.17) is 13.3 Å². The minimum atomic E-state index is -5.00. The van der Waals surface area contributed by atoms with E-state index in [0.29, 0.717) is 12.1 Å². The summed E-state index contributed by atoms with van der Waals surface area (Å²) in [6, 6.07) is 0.610. The van der Waals surface area contributed by atoms with Gasteiger partial charge in [0, 0.05) is 31.4 Å². The maximum atomic E-state index is 14.3. The van der Waals surface area contributed by atoms with Gasteiger partial charge in [-0.15, -0.1) is 0 Å². The van der Waals surface area contributed by atoms with E-state index in [0.717, 1.165) is 0 Å². The Morgan fingerprint density at radius 2 is 1.12 bits per heavy atom. The fraction of sp³-hybridized carbons (Fsp3) is 0.400. The van der Waals surface area contributed by atoms with Crippen molar-refractivity contribution in [2.45, 2.75) is 40.0 Å². The van der Waals surface area contributed by atoms with Crippen LogP contribution in [0.2, 0.25) is 0 Å². The van der Waals surface area contributed by atoms with Gasteiger partial charge in [0.05, 0.1) is 0 Å². The maximum Gasteiger partial charge on any atom is 0.749 e. The highest BCUT2D eigenvalue weighted by Gasteiger charge is 2.59. The Bertz CT molecular complexity index is 611. The van der Waals surface area contributed by atoms with Crippen LogP contribution in [0.3, 0.4) is 0 Å². The predicted molar refractivity (Wildman–Crippen MR) is 80.9 cm³/mol. The molecule has 0 N–H and O–H groups in total. The Labute approximate surface area is 143 Å². The third-order valence-corrected chi connectivity index (χ3v) is 5.50. The zero-order valence-corrected chi connectivity index (χ0v) is 14.9. The third kappa shape index (κ3) is 5.05. The largest absolute Gasteiger partial charge is 0.749 e. The first kappa shape index (κ1) is 20.7. The summed E-state index contributed by atoms with van der Waals surface area (Å²) in [6.07, 6.45) is -0.731. The van der Waals surface area contributed by atoms with Gasteiger partial charge >= 0.3 is 8.80 Å². The van der Waals surface area contributed by atoms with E-state index in [1.807, 2.05) is 0 Å². The molecule has 0 fully saturated rings. The summed E-state index contributed by atoms with van der Waals surface area (Å²) >= 11 is 0. The van der Waals surface area contributed by atoms with Crippen LogP contribution in [0.5, 0.6) is 0 Å². The van der Waals surface area contributed by atoms with Crippen molar-refractivity contribution in [2.24, 2.45) is 0 Å². The summed E-state index contributed by atoms with van der Waals surface area (Å²) in [5.41, 5.74) is 0. The molecule has 0 aromatic heterocycles. The Morgan fingerprint density at radius 1 is 0.800 bits per heavy atom. The van der Waals surface area contributed by atoms with Crippen molar-refractivity contribution in [2.75, 3.05) is 0 Å². The summed E-state index contributed by atoms with van der Waals surface area (Å²) in [6.45, 7) is 4.13. The molecule has 0 unspecified atom stereocenters.